The van der Waals surface area contributed by atoms with E-state index in [1.54, 1.807) is 0 Å². The number of rotatable bonds is 8. The standard InChI is InChI=1S/C18H22N2O4S/c1-13(2)11-19-16-9-8-15(18(21)22)10-17(16)25(23,24)20-12-14-6-4-3-5-7-14/h3-10,13,19-20H,11-12H2,1-2H3,(H,21,22). The summed E-state index contributed by atoms with van der Waals surface area (Å²) in [5.41, 5.74) is 1.13. The second-order valence-corrected chi connectivity index (χ2v) is 7.84. The number of aromatic carboxylic acids is 1. The van der Waals surface area contributed by atoms with Crippen molar-refractivity contribution in [2.24, 2.45) is 5.92 Å². The number of hydrogen-bond acceptors (Lipinski definition) is 4. The molecule has 0 radical (unpaired) electrons. The van der Waals surface area contributed by atoms with E-state index in [0.717, 1.165) is 5.56 Å². The molecular weight excluding hydrogens is 340 g/mol. The molecule has 0 atom stereocenters. The van der Waals surface area contributed by atoms with E-state index in [9.17, 15) is 13.2 Å². The Kier molecular flexibility index (Phi) is 6.17. The Morgan fingerprint density at radius 1 is 1.12 bits per heavy atom. The maximum Gasteiger partial charge on any atom is 0.335 e. The van der Waals surface area contributed by atoms with Gasteiger partial charge in [0, 0.05) is 13.1 Å². The molecule has 0 aliphatic heterocycles. The quantitative estimate of drug-likeness (QED) is 0.671. The van der Waals surface area contributed by atoms with Gasteiger partial charge in [0.1, 0.15) is 4.90 Å². The smallest absolute Gasteiger partial charge is 0.335 e. The first-order chi connectivity index (χ1) is 11.8. The topological polar surface area (TPSA) is 95.5 Å². The Hall–Kier alpha value is -2.38. The molecule has 0 unspecified atom stereocenters. The molecule has 7 heteroatoms. The summed E-state index contributed by atoms with van der Waals surface area (Å²) in [5.74, 6) is -0.859. The van der Waals surface area contributed by atoms with Gasteiger partial charge in [-0.05, 0) is 29.7 Å². The first-order valence-electron chi connectivity index (χ1n) is 7.94. The van der Waals surface area contributed by atoms with E-state index in [4.69, 9.17) is 5.11 Å². The van der Waals surface area contributed by atoms with Gasteiger partial charge in [-0.3, -0.25) is 0 Å². The van der Waals surface area contributed by atoms with Crippen molar-refractivity contribution < 1.29 is 18.3 Å². The molecule has 0 fully saturated rings. The molecule has 0 saturated carbocycles. The van der Waals surface area contributed by atoms with Crippen LogP contribution in [0.3, 0.4) is 0 Å². The lowest BCUT2D eigenvalue weighted by atomic mass is 10.2. The summed E-state index contributed by atoms with van der Waals surface area (Å²) in [5, 5.41) is 12.2. The lowest BCUT2D eigenvalue weighted by molar-refractivity contribution is 0.0696. The Morgan fingerprint density at radius 2 is 1.80 bits per heavy atom. The Bertz CT molecular complexity index is 833. The zero-order valence-electron chi connectivity index (χ0n) is 14.2. The van der Waals surface area contributed by atoms with Crippen LogP contribution in [-0.2, 0) is 16.6 Å². The van der Waals surface area contributed by atoms with Crippen LogP contribution in [0.15, 0.2) is 53.4 Å². The van der Waals surface area contributed by atoms with Crippen molar-refractivity contribution in [2.75, 3.05) is 11.9 Å². The maximum atomic E-state index is 12.7. The molecular formula is C18H22N2O4S. The number of carboxylic acids is 1. The number of carbonyl (C=O) groups is 1. The van der Waals surface area contributed by atoms with Gasteiger partial charge in [0.2, 0.25) is 10.0 Å². The minimum atomic E-state index is -3.87. The first-order valence-corrected chi connectivity index (χ1v) is 9.42. The molecule has 25 heavy (non-hydrogen) atoms. The van der Waals surface area contributed by atoms with Gasteiger partial charge in [0.05, 0.1) is 11.3 Å². The van der Waals surface area contributed by atoms with Gasteiger partial charge in [-0.15, -0.1) is 0 Å². The van der Waals surface area contributed by atoms with Crippen LogP contribution in [0.1, 0.15) is 29.8 Å². The highest BCUT2D eigenvalue weighted by Gasteiger charge is 2.21. The summed E-state index contributed by atoms with van der Waals surface area (Å²) < 4.78 is 27.9. The van der Waals surface area contributed by atoms with Crippen LogP contribution >= 0.6 is 0 Å². The minimum Gasteiger partial charge on any atom is -0.478 e. The highest BCUT2D eigenvalue weighted by molar-refractivity contribution is 7.89. The Labute approximate surface area is 147 Å². The minimum absolute atomic E-state index is 0.0658. The fourth-order valence-electron chi connectivity index (χ4n) is 2.19. The number of anilines is 1. The van der Waals surface area contributed by atoms with Crippen molar-refractivity contribution in [1.82, 2.24) is 4.72 Å². The third-order valence-corrected chi connectivity index (χ3v) is 4.97. The zero-order valence-corrected chi connectivity index (χ0v) is 15.0. The summed E-state index contributed by atoms with van der Waals surface area (Å²) >= 11 is 0. The van der Waals surface area contributed by atoms with E-state index < -0.39 is 16.0 Å². The molecule has 0 spiro atoms. The predicted molar refractivity (Wildman–Crippen MR) is 97.2 cm³/mol. The molecule has 0 aromatic heterocycles. The maximum absolute atomic E-state index is 12.7. The second kappa shape index (κ2) is 8.13. The molecule has 0 aliphatic rings. The monoisotopic (exact) mass is 362 g/mol. The largest absolute Gasteiger partial charge is 0.478 e. The number of hydrogen-bond donors (Lipinski definition) is 3. The van der Waals surface area contributed by atoms with E-state index in [-0.39, 0.29) is 17.0 Å². The van der Waals surface area contributed by atoms with Gasteiger partial charge in [0.25, 0.3) is 0 Å². The van der Waals surface area contributed by atoms with Crippen molar-refractivity contribution in [1.29, 1.82) is 0 Å². The van der Waals surface area contributed by atoms with Crippen molar-refractivity contribution in [3.8, 4) is 0 Å². The third kappa shape index (κ3) is 5.30. The molecule has 6 nitrogen and oxygen atoms in total. The third-order valence-electron chi connectivity index (χ3n) is 3.53. The fourth-order valence-corrected chi connectivity index (χ4v) is 3.41. The summed E-state index contributed by atoms with van der Waals surface area (Å²) in [6, 6.07) is 13.2. The number of carboxylic acid groups (broad SMARTS) is 1. The van der Waals surface area contributed by atoms with Crippen molar-refractivity contribution in [2.45, 2.75) is 25.3 Å². The van der Waals surface area contributed by atoms with E-state index in [1.165, 1.54) is 18.2 Å². The fraction of sp³-hybridized carbons (Fsp3) is 0.278. The average Bonchev–Trinajstić information content (AvgIpc) is 2.59. The highest BCUT2D eigenvalue weighted by Crippen LogP contribution is 2.23. The number of benzene rings is 2. The van der Waals surface area contributed by atoms with Crippen LogP contribution in [0, 0.1) is 5.92 Å². The summed E-state index contributed by atoms with van der Waals surface area (Å²) in [4.78, 5) is 11.1. The van der Waals surface area contributed by atoms with Gasteiger partial charge in [-0.2, -0.15) is 0 Å². The van der Waals surface area contributed by atoms with Gasteiger partial charge < -0.3 is 10.4 Å². The van der Waals surface area contributed by atoms with Gasteiger partial charge in [-0.1, -0.05) is 44.2 Å². The normalized spacial score (nSPS) is 11.5. The molecule has 0 amide bonds. The molecule has 2 aromatic rings. The number of nitrogens with one attached hydrogen (secondary N) is 2. The van der Waals surface area contributed by atoms with E-state index >= 15 is 0 Å². The van der Waals surface area contributed by atoms with Crippen molar-refractivity contribution in [3.63, 3.8) is 0 Å². The molecule has 2 aromatic carbocycles. The van der Waals surface area contributed by atoms with Crippen LogP contribution in [0.4, 0.5) is 5.69 Å². The molecule has 0 aliphatic carbocycles. The predicted octanol–water partition coefficient (Wildman–Crippen LogP) is 2.93. The van der Waals surface area contributed by atoms with Crippen molar-refractivity contribution in [3.05, 3.63) is 59.7 Å². The lowest BCUT2D eigenvalue weighted by Crippen LogP contribution is -2.25. The van der Waals surface area contributed by atoms with Gasteiger partial charge >= 0.3 is 5.97 Å². The van der Waals surface area contributed by atoms with E-state index in [2.05, 4.69) is 10.0 Å². The van der Waals surface area contributed by atoms with Gasteiger partial charge in [0.15, 0.2) is 0 Å². The summed E-state index contributed by atoms with van der Waals surface area (Å²) in [7, 11) is -3.87. The molecule has 134 valence electrons. The molecule has 0 bridgehead atoms. The summed E-state index contributed by atoms with van der Waals surface area (Å²) in [6.07, 6.45) is 0. The van der Waals surface area contributed by atoms with Crippen molar-refractivity contribution >= 4 is 21.7 Å². The molecule has 0 saturated heterocycles. The lowest BCUT2D eigenvalue weighted by Gasteiger charge is -2.15. The second-order valence-electron chi connectivity index (χ2n) is 6.10. The molecule has 3 N–H and O–H groups in total. The molecule has 0 heterocycles. The molecule has 2 rings (SSSR count). The SMILES string of the molecule is CC(C)CNc1ccc(C(=O)O)cc1S(=O)(=O)NCc1ccccc1. The number of sulfonamides is 1. The van der Waals surface area contributed by atoms with Crippen LogP contribution in [0.2, 0.25) is 0 Å². The van der Waals surface area contributed by atoms with Crippen LogP contribution in [0.5, 0.6) is 0 Å². The summed E-state index contributed by atoms with van der Waals surface area (Å²) in [6.45, 7) is 4.71. The Balaban J connectivity index is 2.31. The van der Waals surface area contributed by atoms with E-state index in [0.29, 0.717) is 18.2 Å². The highest BCUT2D eigenvalue weighted by atomic mass is 32.2. The average molecular weight is 362 g/mol. The Morgan fingerprint density at radius 3 is 2.40 bits per heavy atom. The van der Waals surface area contributed by atoms with Crippen LogP contribution < -0.4 is 10.0 Å². The zero-order chi connectivity index (χ0) is 18.4. The van der Waals surface area contributed by atoms with E-state index in [1.807, 2.05) is 44.2 Å². The van der Waals surface area contributed by atoms with Crippen LogP contribution in [-0.4, -0.2) is 26.0 Å². The van der Waals surface area contributed by atoms with Crippen LogP contribution in [0.25, 0.3) is 0 Å². The van der Waals surface area contributed by atoms with Gasteiger partial charge in [-0.25, -0.2) is 17.9 Å². The first kappa shape index (κ1) is 19.0.